The largest absolute Gasteiger partial charge is 0.498 e. The Morgan fingerprint density at radius 3 is 2.94 bits per heavy atom. The first-order chi connectivity index (χ1) is 8.72. The van der Waals surface area contributed by atoms with E-state index in [-0.39, 0.29) is 13.2 Å². The zero-order valence-corrected chi connectivity index (χ0v) is 10.9. The lowest BCUT2D eigenvalue weighted by atomic mass is 9.75. The summed E-state index contributed by atoms with van der Waals surface area (Å²) in [7, 11) is -0.275. The van der Waals surface area contributed by atoms with Gasteiger partial charge in [-0.15, -0.1) is 0 Å². The molecule has 0 spiro atoms. The Hall–Kier alpha value is -1.04. The Balaban J connectivity index is 2.18. The van der Waals surface area contributed by atoms with Crippen molar-refractivity contribution in [1.29, 1.82) is 0 Å². The molecule has 0 saturated carbocycles. The molecule has 0 unspecified atom stereocenters. The number of hydrogen-bond acceptors (Lipinski definition) is 3. The van der Waals surface area contributed by atoms with E-state index in [0.717, 1.165) is 17.8 Å². The second kappa shape index (κ2) is 4.57. The molecule has 2 aliphatic heterocycles. The highest BCUT2D eigenvalue weighted by Gasteiger charge is 2.43. The molecule has 0 saturated heterocycles. The third-order valence-corrected chi connectivity index (χ3v) is 3.62. The molecule has 1 atom stereocenters. The lowest BCUT2D eigenvalue weighted by Crippen LogP contribution is -2.53. The van der Waals surface area contributed by atoms with Crippen LogP contribution in [0.5, 0.6) is 5.75 Å². The molecule has 4 nitrogen and oxygen atoms in total. The molecule has 2 aliphatic rings. The van der Waals surface area contributed by atoms with Crippen molar-refractivity contribution in [1.82, 2.24) is 0 Å². The molecule has 0 bridgehead atoms. The molecule has 0 fully saturated rings. The summed E-state index contributed by atoms with van der Waals surface area (Å²) in [5.41, 5.74) is 7.64. The highest BCUT2D eigenvalue weighted by molar-refractivity contribution is 6.64. The average Bonchev–Trinajstić information content (AvgIpc) is 2.60. The predicted octanol–water partition coefficient (Wildman–Crippen LogP) is 0.227. The quantitative estimate of drug-likeness (QED) is 0.762. The predicted molar refractivity (Wildman–Crippen MR) is 68.9 cm³/mol. The van der Waals surface area contributed by atoms with Gasteiger partial charge in [0, 0.05) is 5.46 Å². The van der Waals surface area contributed by atoms with Crippen LogP contribution in [-0.4, -0.2) is 26.9 Å². The minimum absolute atomic E-state index is 0.0315. The maximum Gasteiger partial charge on any atom is 0.498 e. The van der Waals surface area contributed by atoms with E-state index in [1.807, 2.05) is 6.07 Å². The number of hydrogen-bond donors (Lipinski definition) is 1. The van der Waals surface area contributed by atoms with E-state index in [4.69, 9.17) is 14.0 Å². The highest BCUT2D eigenvalue weighted by Crippen LogP contribution is 2.35. The van der Waals surface area contributed by atoms with Gasteiger partial charge in [-0.05, 0) is 23.1 Å². The van der Waals surface area contributed by atoms with Gasteiger partial charge >= 0.3 is 7.12 Å². The summed E-state index contributed by atoms with van der Waals surface area (Å²) < 4.78 is 17.4. The molecule has 18 heavy (non-hydrogen) atoms. The van der Waals surface area contributed by atoms with Crippen molar-refractivity contribution in [2.45, 2.75) is 25.9 Å². The molecule has 0 aliphatic carbocycles. The van der Waals surface area contributed by atoms with Crippen LogP contribution in [0.15, 0.2) is 12.1 Å². The number of rotatable bonds is 2. The Kier molecular flexibility index (Phi) is 3.05. The van der Waals surface area contributed by atoms with Gasteiger partial charge in [-0.1, -0.05) is 19.9 Å². The van der Waals surface area contributed by atoms with Crippen molar-refractivity contribution >= 4 is 12.6 Å². The summed E-state index contributed by atoms with van der Waals surface area (Å²) >= 11 is 0. The summed E-state index contributed by atoms with van der Waals surface area (Å²) in [6.07, 6.45) is 0.0315. The molecule has 3 N–H and O–H groups in total. The van der Waals surface area contributed by atoms with Crippen LogP contribution in [0.25, 0.3) is 0 Å². The van der Waals surface area contributed by atoms with E-state index in [1.54, 1.807) is 0 Å². The van der Waals surface area contributed by atoms with Crippen LogP contribution < -0.4 is 15.9 Å². The van der Waals surface area contributed by atoms with Crippen molar-refractivity contribution < 1.29 is 19.8 Å². The van der Waals surface area contributed by atoms with Gasteiger partial charge in [0.2, 0.25) is 0 Å². The molecule has 0 aromatic heterocycles. The Morgan fingerprint density at radius 2 is 2.22 bits per heavy atom. The van der Waals surface area contributed by atoms with E-state index >= 15 is 0 Å². The van der Waals surface area contributed by atoms with E-state index in [0.29, 0.717) is 19.1 Å². The third-order valence-electron chi connectivity index (χ3n) is 3.62. The second-order valence-electron chi connectivity index (χ2n) is 5.10. The molecule has 0 amide bonds. The van der Waals surface area contributed by atoms with Crippen molar-refractivity contribution in [2.24, 2.45) is 0 Å². The van der Waals surface area contributed by atoms with Crippen molar-refractivity contribution in [3.05, 3.63) is 23.3 Å². The zero-order chi connectivity index (χ0) is 12.7. The molecular formula is C13H19BNO3+. The zero-order valence-electron chi connectivity index (χ0n) is 10.9. The van der Waals surface area contributed by atoms with Gasteiger partial charge in [0.25, 0.3) is 0 Å². The molecule has 0 radical (unpaired) electrons. The Labute approximate surface area is 108 Å². The topological polar surface area (TPSA) is 55.3 Å². The van der Waals surface area contributed by atoms with Crippen LogP contribution in [0.4, 0.5) is 0 Å². The van der Waals surface area contributed by atoms with Crippen LogP contribution in [-0.2, 0) is 9.31 Å². The van der Waals surface area contributed by atoms with Gasteiger partial charge in [-0.3, -0.25) is 0 Å². The molecule has 3 rings (SSSR count). The molecule has 1 aromatic rings. The van der Waals surface area contributed by atoms with Gasteiger partial charge in [0.05, 0.1) is 6.61 Å². The normalized spacial score (nSPS) is 21.8. The first kappa shape index (κ1) is 12.0. The van der Waals surface area contributed by atoms with Crippen LogP contribution >= 0.6 is 0 Å². The summed E-state index contributed by atoms with van der Waals surface area (Å²) in [5, 5.41) is 0. The maximum atomic E-state index is 5.97. The Bertz CT molecular complexity index is 464. The third kappa shape index (κ3) is 1.74. The second-order valence-corrected chi connectivity index (χ2v) is 5.10. The van der Waals surface area contributed by atoms with E-state index in [9.17, 15) is 0 Å². The fraction of sp³-hybridized carbons (Fsp3) is 0.538. The van der Waals surface area contributed by atoms with Gasteiger partial charge in [-0.2, -0.15) is 0 Å². The lowest BCUT2D eigenvalue weighted by molar-refractivity contribution is -0.383. The molecule has 2 heterocycles. The van der Waals surface area contributed by atoms with Crippen LogP contribution in [0.2, 0.25) is 0 Å². The monoisotopic (exact) mass is 248 g/mol. The minimum atomic E-state index is -0.275. The fourth-order valence-electron chi connectivity index (χ4n) is 2.79. The lowest BCUT2D eigenvalue weighted by Gasteiger charge is -2.17. The van der Waals surface area contributed by atoms with Gasteiger partial charge in [-0.25, -0.2) is 0 Å². The molecule has 5 heteroatoms. The smallest absolute Gasteiger partial charge is 0.492 e. The summed E-state index contributed by atoms with van der Waals surface area (Å²) in [6.45, 7) is 6.27. The SMILES string of the molecule is CC(C)c1ccc2c3c1[C@@H](C[NH3+])OB3OCCO2. The van der Waals surface area contributed by atoms with Crippen LogP contribution in [0.3, 0.4) is 0 Å². The minimum Gasteiger partial charge on any atom is -0.492 e. The first-order valence-electron chi connectivity index (χ1n) is 6.58. The number of benzene rings is 1. The molecule has 96 valence electrons. The Morgan fingerprint density at radius 1 is 1.39 bits per heavy atom. The van der Waals surface area contributed by atoms with Gasteiger partial charge in [0.15, 0.2) is 0 Å². The number of quaternary nitrogens is 1. The molecular weight excluding hydrogens is 229 g/mol. The standard InChI is InChI=1S/C13H18BNO3/c1-8(2)9-3-4-10-13-12(9)11(7-15)18-14(13)17-6-5-16-10/h3-4,8,11H,5-7,15H2,1-2H3/p+1/t11-/m1/s1. The highest BCUT2D eigenvalue weighted by atomic mass is 16.6. The van der Waals surface area contributed by atoms with E-state index in [2.05, 4.69) is 25.6 Å². The summed E-state index contributed by atoms with van der Waals surface area (Å²) in [4.78, 5) is 0. The first-order valence-corrected chi connectivity index (χ1v) is 6.58. The van der Waals surface area contributed by atoms with Crippen LogP contribution in [0.1, 0.15) is 37.0 Å². The summed E-state index contributed by atoms with van der Waals surface area (Å²) in [5.74, 6) is 1.37. The number of ether oxygens (including phenoxy) is 1. The molecule has 1 aromatic carbocycles. The summed E-state index contributed by atoms with van der Waals surface area (Å²) in [6, 6.07) is 4.20. The van der Waals surface area contributed by atoms with E-state index < -0.39 is 0 Å². The fourth-order valence-corrected chi connectivity index (χ4v) is 2.79. The van der Waals surface area contributed by atoms with E-state index in [1.165, 1.54) is 11.1 Å². The van der Waals surface area contributed by atoms with Crippen LogP contribution in [0, 0.1) is 0 Å². The average molecular weight is 248 g/mol. The van der Waals surface area contributed by atoms with Gasteiger partial charge < -0.3 is 19.8 Å². The van der Waals surface area contributed by atoms with Crippen molar-refractivity contribution in [3.63, 3.8) is 0 Å². The van der Waals surface area contributed by atoms with Crippen molar-refractivity contribution in [3.8, 4) is 5.75 Å². The maximum absolute atomic E-state index is 5.97. The van der Waals surface area contributed by atoms with Gasteiger partial charge in [0.1, 0.15) is 25.0 Å². The van der Waals surface area contributed by atoms with Crippen molar-refractivity contribution in [2.75, 3.05) is 19.8 Å².